The third-order valence-corrected chi connectivity index (χ3v) is 5.08. The number of rotatable bonds is 5. The van der Waals surface area contributed by atoms with Gasteiger partial charge in [-0.15, -0.1) is 10.2 Å². The Bertz CT molecular complexity index is 833. The average molecular weight is 327 g/mol. The third kappa shape index (κ3) is 2.68. The quantitative estimate of drug-likeness (QED) is 0.616. The largest absolute Gasteiger partial charge is 0.302 e. The van der Waals surface area contributed by atoms with E-state index in [2.05, 4.69) is 14.8 Å². The van der Waals surface area contributed by atoms with Gasteiger partial charge in [-0.25, -0.2) is 0 Å². The van der Waals surface area contributed by atoms with Crippen LogP contribution in [0.5, 0.6) is 0 Å². The number of nitrogens with zero attached hydrogens (tertiary/aromatic N) is 5. The van der Waals surface area contributed by atoms with E-state index in [1.807, 2.05) is 6.07 Å². The smallest absolute Gasteiger partial charge is 0.270 e. The summed E-state index contributed by atoms with van der Waals surface area (Å²) < 4.78 is 2.20. The number of hydrogen-bond acceptors (Lipinski definition) is 6. The molecular formula is C15H13N5O2S. The molecule has 0 atom stereocenters. The van der Waals surface area contributed by atoms with Crippen molar-refractivity contribution in [1.82, 2.24) is 14.8 Å². The topological polar surface area (TPSA) is 97.6 Å². The monoisotopic (exact) mass is 327 g/mol. The molecule has 116 valence electrons. The number of nitriles is 1. The first-order valence-electron chi connectivity index (χ1n) is 7.48. The van der Waals surface area contributed by atoms with Gasteiger partial charge in [-0.05, 0) is 43.5 Å². The molecule has 1 aromatic carbocycles. The van der Waals surface area contributed by atoms with Crippen LogP contribution >= 0.6 is 11.8 Å². The van der Waals surface area contributed by atoms with Crippen LogP contribution in [0.3, 0.4) is 0 Å². The van der Waals surface area contributed by atoms with Crippen LogP contribution in [0.2, 0.25) is 0 Å². The van der Waals surface area contributed by atoms with E-state index >= 15 is 0 Å². The number of hydrogen-bond donors (Lipinski definition) is 0. The van der Waals surface area contributed by atoms with Gasteiger partial charge in [0.25, 0.3) is 5.69 Å². The first kappa shape index (κ1) is 14.2. The Labute approximate surface area is 136 Å². The lowest BCUT2D eigenvalue weighted by molar-refractivity contribution is -0.384. The zero-order valence-electron chi connectivity index (χ0n) is 12.2. The van der Waals surface area contributed by atoms with Crippen molar-refractivity contribution in [3.8, 4) is 6.07 Å². The molecule has 7 nitrogen and oxygen atoms in total. The Morgan fingerprint density at radius 3 is 2.70 bits per heavy atom. The molecule has 2 aliphatic carbocycles. The molecule has 23 heavy (non-hydrogen) atoms. The van der Waals surface area contributed by atoms with Gasteiger partial charge >= 0.3 is 0 Å². The fraction of sp³-hybridized carbons (Fsp3) is 0.400. The molecule has 0 bridgehead atoms. The first-order valence-corrected chi connectivity index (χ1v) is 8.30. The number of aromatic nitrogens is 3. The van der Waals surface area contributed by atoms with Crippen LogP contribution in [-0.2, 0) is 0 Å². The van der Waals surface area contributed by atoms with E-state index in [0.29, 0.717) is 22.4 Å². The van der Waals surface area contributed by atoms with Gasteiger partial charge in [0.1, 0.15) is 11.9 Å². The van der Waals surface area contributed by atoms with E-state index in [4.69, 9.17) is 0 Å². The summed E-state index contributed by atoms with van der Waals surface area (Å²) in [5.41, 5.74) is 0.218. The average Bonchev–Trinajstić information content (AvgIpc) is 3.46. The normalized spacial score (nSPS) is 17.0. The molecule has 0 spiro atoms. The van der Waals surface area contributed by atoms with Crippen molar-refractivity contribution in [2.45, 2.75) is 47.7 Å². The minimum Gasteiger partial charge on any atom is -0.302 e. The summed E-state index contributed by atoms with van der Waals surface area (Å²) in [6.45, 7) is 0. The Kier molecular flexibility index (Phi) is 3.31. The minimum absolute atomic E-state index is 0.0757. The number of nitro benzene ring substituents is 1. The van der Waals surface area contributed by atoms with Crippen molar-refractivity contribution in [3.05, 3.63) is 39.7 Å². The third-order valence-electron chi connectivity index (χ3n) is 4.04. The molecule has 4 rings (SSSR count). The highest BCUT2D eigenvalue weighted by molar-refractivity contribution is 7.99. The highest BCUT2D eigenvalue weighted by Crippen LogP contribution is 2.47. The zero-order valence-corrected chi connectivity index (χ0v) is 13.0. The fourth-order valence-electron chi connectivity index (χ4n) is 2.56. The molecule has 1 heterocycles. The van der Waals surface area contributed by atoms with Gasteiger partial charge in [0.2, 0.25) is 0 Å². The van der Waals surface area contributed by atoms with Gasteiger partial charge in [-0.2, -0.15) is 5.26 Å². The molecule has 1 aromatic heterocycles. The zero-order chi connectivity index (χ0) is 16.0. The molecular weight excluding hydrogens is 314 g/mol. The molecule has 2 aromatic rings. The van der Waals surface area contributed by atoms with E-state index < -0.39 is 4.92 Å². The van der Waals surface area contributed by atoms with E-state index in [9.17, 15) is 15.4 Å². The molecule has 2 fully saturated rings. The molecule has 8 heteroatoms. The lowest BCUT2D eigenvalue weighted by Gasteiger charge is -2.08. The second-order valence-corrected chi connectivity index (χ2v) is 6.88. The molecule has 2 aliphatic rings. The molecule has 0 amide bonds. The van der Waals surface area contributed by atoms with Gasteiger partial charge in [-0.3, -0.25) is 10.1 Å². The second-order valence-electron chi connectivity index (χ2n) is 5.87. The van der Waals surface area contributed by atoms with E-state index in [1.54, 1.807) is 6.07 Å². The van der Waals surface area contributed by atoms with Crippen LogP contribution in [0.25, 0.3) is 0 Å². The van der Waals surface area contributed by atoms with Crippen molar-refractivity contribution in [2.75, 3.05) is 0 Å². The Hall–Kier alpha value is -2.40. The Morgan fingerprint density at radius 1 is 1.30 bits per heavy atom. The standard InChI is InChI=1S/C15H13N5O2S/c16-8-10-7-12(20(21)22)5-6-13(10)23-15-18-17-14(9-1-2-9)19(15)11-3-4-11/h5-7,9,11H,1-4H2. The lowest BCUT2D eigenvalue weighted by atomic mass is 10.2. The minimum atomic E-state index is -0.493. The molecule has 0 N–H and O–H groups in total. The van der Waals surface area contributed by atoms with Gasteiger partial charge in [0.05, 0.1) is 10.5 Å². The highest BCUT2D eigenvalue weighted by Gasteiger charge is 2.36. The van der Waals surface area contributed by atoms with Crippen molar-refractivity contribution in [2.24, 2.45) is 0 Å². The van der Waals surface area contributed by atoms with Crippen LogP contribution in [-0.4, -0.2) is 19.7 Å². The highest BCUT2D eigenvalue weighted by atomic mass is 32.2. The van der Waals surface area contributed by atoms with Crippen LogP contribution in [0.15, 0.2) is 28.3 Å². The SMILES string of the molecule is N#Cc1cc([N+](=O)[O-])ccc1Sc1nnc(C2CC2)n1C1CC1. The summed E-state index contributed by atoms with van der Waals surface area (Å²) in [4.78, 5) is 11.0. The maximum absolute atomic E-state index is 10.8. The predicted molar refractivity (Wildman–Crippen MR) is 82.2 cm³/mol. The maximum Gasteiger partial charge on any atom is 0.270 e. The molecule has 0 aliphatic heterocycles. The van der Waals surface area contributed by atoms with Crippen LogP contribution in [0.4, 0.5) is 5.69 Å². The summed E-state index contributed by atoms with van der Waals surface area (Å²) >= 11 is 1.36. The second kappa shape index (κ2) is 5.35. The van der Waals surface area contributed by atoms with E-state index in [-0.39, 0.29) is 5.69 Å². The molecule has 0 unspecified atom stereocenters. The summed E-state index contributed by atoms with van der Waals surface area (Å²) in [7, 11) is 0. The maximum atomic E-state index is 10.8. The molecule has 0 saturated heterocycles. The molecule has 0 radical (unpaired) electrons. The predicted octanol–water partition coefficient (Wildman–Crippen LogP) is 3.42. The van der Waals surface area contributed by atoms with E-state index in [0.717, 1.165) is 36.7 Å². The van der Waals surface area contributed by atoms with Crippen molar-refractivity contribution < 1.29 is 4.92 Å². The van der Waals surface area contributed by atoms with Gasteiger partial charge in [0.15, 0.2) is 5.16 Å². The fourth-order valence-corrected chi connectivity index (χ4v) is 3.53. The van der Waals surface area contributed by atoms with E-state index in [1.165, 1.54) is 23.9 Å². The Morgan fingerprint density at radius 2 is 2.09 bits per heavy atom. The first-order chi connectivity index (χ1) is 11.2. The van der Waals surface area contributed by atoms with Crippen LogP contribution in [0, 0.1) is 21.4 Å². The molecule has 2 saturated carbocycles. The summed E-state index contributed by atoms with van der Waals surface area (Å²) in [5.74, 6) is 1.57. The summed E-state index contributed by atoms with van der Waals surface area (Å²) in [6.07, 6.45) is 4.60. The lowest BCUT2D eigenvalue weighted by Crippen LogP contribution is -2.02. The van der Waals surface area contributed by atoms with Crippen molar-refractivity contribution in [1.29, 1.82) is 5.26 Å². The van der Waals surface area contributed by atoms with Gasteiger partial charge < -0.3 is 4.57 Å². The van der Waals surface area contributed by atoms with Crippen molar-refractivity contribution >= 4 is 17.4 Å². The van der Waals surface area contributed by atoms with Gasteiger partial charge in [-0.1, -0.05) is 0 Å². The number of non-ortho nitro benzene ring substituents is 1. The Balaban J connectivity index is 1.68. The number of benzene rings is 1. The van der Waals surface area contributed by atoms with Crippen molar-refractivity contribution in [3.63, 3.8) is 0 Å². The summed E-state index contributed by atoms with van der Waals surface area (Å²) in [6, 6.07) is 6.84. The summed E-state index contributed by atoms with van der Waals surface area (Å²) in [5, 5.41) is 29.5. The van der Waals surface area contributed by atoms with Crippen LogP contribution < -0.4 is 0 Å². The van der Waals surface area contributed by atoms with Gasteiger partial charge in [0, 0.05) is 29.0 Å². The number of nitro groups is 1. The van der Waals surface area contributed by atoms with Crippen LogP contribution in [0.1, 0.15) is 49.0 Å².